The number of rotatable bonds is 5. The zero-order chi connectivity index (χ0) is 13.7. The van der Waals surface area contributed by atoms with Gasteiger partial charge in [-0.3, -0.25) is 0 Å². The van der Waals surface area contributed by atoms with Crippen molar-refractivity contribution in [3.05, 3.63) is 28.2 Å². The van der Waals surface area contributed by atoms with Crippen molar-refractivity contribution in [3.63, 3.8) is 0 Å². The molecule has 0 spiro atoms. The van der Waals surface area contributed by atoms with E-state index in [2.05, 4.69) is 58.3 Å². The van der Waals surface area contributed by atoms with E-state index in [9.17, 15) is 0 Å². The van der Waals surface area contributed by atoms with Crippen molar-refractivity contribution in [1.29, 1.82) is 0 Å². The summed E-state index contributed by atoms with van der Waals surface area (Å²) in [6.07, 6.45) is 2.23. The SMILES string of the molecule is CCNCc1ccc(N(C)C2CCOCC2)c(Br)c1. The van der Waals surface area contributed by atoms with E-state index in [1.54, 1.807) is 0 Å². The minimum atomic E-state index is 0.588. The third-order valence-electron chi connectivity index (χ3n) is 3.71. The molecule has 0 aromatic heterocycles. The van der Waals surface area contributed by atoms with Gasteiger partial charge in [0, 0.05) is 37.3 Å². The van der Waals surface area contributed by atoms with Crippen LogP contribution in [0.25, 0.3) is 0 Å². The third-order valence-corrected chi connectivity index (χ3v) is 4.34. The zero-order valence-corrected chi connectivity index (χ0v) is 13.4. The number of benzene rings is 1. The lowest BCUT2D eigenvalue weighted by Gasteiger charge is -2.33. The average molecular weight is 327 g/mol. The maximum absolute atomic E-state index is 5.43. The Hall–Kier alpha value is -0.580. The summed E-state index contributed by atoms with van der Waals surface area (Å²) < 4.78 is 6.61. The monoisotopic (exact) mass is 326 g/mol. The summed E-state index contributed by atoms with van der Waals surface area (Å²) in [6, 6.07) is 7.23. The van der Waals surface area contributed by atoms with Gasteiger partial charge in [0.1, 0.15) is 0 Å². The molecule has 0 amide bonds. The molecule has 1 N–H and O–H groups in total. The van der Waals surface area contributed by atoms with Crippen LogP contribution in [-0.2, 0) is 11.3 Å². The molecular weight excluding hydrogens is 304 g/mol. The number of nitrogens with one attached hydrogen (secondary N) is 1. The van der Waals surface area contributed by atoms with Crippen LogP contribution in [0.2, 0.25) is 0 Å². The molecule has 0 unspecified atom stereocenters. The molecule has 1 fully saturated rings. The van der Waals surface area contributed by atoms with E-state index < -0.39 is 0 Å². The Kier molecular flexibility index (Phi) is 5.67. The van der Waals surface area contributed by atoms with Crippen LogP contribution in [-0.4, -0.2) is 32.8 Å². The highest BCUT2D eigenvalue weighted by Crippen LogP contribution is 2.30. The Morgan fingerprint density at radius 3 is 2.74 bits per heavy atom. The third kappa shape index (κ3) is 3.94. The molecule has 0 radical (unpaired) electrons. The fourth-order valence-electron chi connectivity index (χ4n) is 2.48. The second-order valence-corrected chi connectivity index (χ2v) is 5.87. The first-order valence-corrected chi connectivity index (χ1v) is 7.81. The van der Waals surface area contributed by atoms with Gasteiger partial charge in [-0.15, -0.1) is 0 Å². The molecule has 4 heteroatoms. The molecule has 1 aromatic rings. The van der Waals surface area contributed by atoms with Crippen LogP contribution in [0.3, 0.4) is 0 Å². The van der Waals surface area contributed by atoms with E-state index in [1.165, 1.54) is 15.7 Å². The Morgan fingerprint density at radius 2 is 2.11 bits per heavy atom. The van der Waals surface area contributed by atoms with Crippen molar-refractivity contribution in [1.82, 2.24) is 5.32 Å². The van der Waals surface area contributed by atoms with Crippen LogP contribution < -0.4 is 10.2 Å². The number of ether oxygens (including phenoxy) is 1. The quantitative estimate of drug-likeness (QED) is 0.899. The summed E-state index contributed by atoms with van der Waals surface area (Å²) in [5.74, 6) is 0. The number of halogens is 1. The minimum absolute atomic E-state index is 0.588. The van der Waals surface area contributed by atoms with Crippen LogP contribution in [0.15, 0.2) is 22.7 Å². The topological polar surface area (TPSA) is 24.5 Å². The summed E-state index contributed by atoms with van der Waals surface area (Å²) in [6.45, 7) is 5.82. The normalized spacial score (nSPS) is 16.6. The van der Waals surface area contributed by atoms with Crippen LogP contribution in [0.1, 0.15) is 25.3 Å². The predicted molar refractivity (Wildman–Crippen MR) is 83.8 cm³/mol. The summed E-state index contributed by atoms with van der Waals surface area (Å²) in [5, 5.41) is 3.35. The number of anilines is 1. The Labute approximate surface area is 124 Å². The van der Waals surface area contributed by atoms with E-state index in [0.29, 0.717) is 6.04 Å². The van der Waals surface area contributed by atoms with Gasteiger partial charge < -0.3 is 15.0 Å². The van der Waals surface area contributed by atoms with Crippen LogP contribution in [0, 0.1) is 0 Å². The molecule has 2 rings (SSSR count). The van der Waals surface area contributed by atoms with E-state index in [0.717, 1.165) is 39.1 Å². The maximum atomic E-state index is 5.43. The van der Waals surface area contributed by atoms with Gasteiger partial charge in [0.05, 0.1) is 5.69 Å². The van der Waals surface area contributed by atoms with Gasteiger partial charge in [0.2, 0.25) is 0 Å². The lowest BCUT2D eigenvalue weighted by Crippen LogP contribution is -2.36. The molecule has 0 bridgehead atoms. The molecule has 0 aliphatic carbocycles. The van der Waals surface area contributed by atoms with Crippen LogP contribution in [0.5, 0.6) is 0 Å². The zero-order valence-electron chi connectivity index (χ0n) is 11.8. The van der Waals surface area contributed by atoms with Crippen molar-refractivity contribution < 1.29 is 4.74 Å². The standard InChI is InChI=1S/C15H23BrN2O/c1-3-17-11-12-4-5-15(14(16)10-12)18(2)13-6-8-19-9-7-13/h4-5,10,13,17H,3,6-9,11H2,1-2H3. The highest BCUT2D eigenvalue weighted by atomic mass is 79.9. The van der Waals surface area contributed by atoms with Gasteiger partial charge in [-0.1, -0.05) is 13.0 Å². The summed E-state index contributed by atoms with van der Waals surface area (Å²) in [4.78, 5) is 2.38. The summed E-state index contributed by atoms with van der Waals surface area (Å²) >= 11 is 3.71. The minimum Gasteiger partial charge on any atom is -0.381 e. The number of hydrogen-bond donors (Lipinski definition) is 1. The first kappa shape index (κ1) is 14.8. The van der Waals surface area contributed by atoms with Crippen molar-refractivity contribution in [2.75, 3.05) is 31.7 Å². The predicted octanol–water partition coefficient (Wildman–Crippen LogP) is 3.17. The maximum Gasteiger partial charge on any atom is 0.0510 e. The second-order valence-electron chi connectivity index (χ2n) is 5.02. The Balaban J connectivity index is 2.06. The first-order valence-electron chi connectivity index (χ1n) is 7.02. The van der Waals surface area contributed by atoms with Gasteiger partial charge in [0.25, 0.3) is 0 Å². The van der Waals surface area contributed by atoms with Crippen molar-refractivity contribution >= 4 is 21.6 Å². The van der Waals surface area contributed by atoms with Gasteiger partial charge >= 0.3 is 0 Å². The summed E-state index contributed by atoms with van der Waals surface area (Å²) in [5.41, 5.74) is 2.59. The van der Waals surface area contributed by atoms with E-state index >= 15 is 0 Å². The fraction of sp³-hybridized carbons (Fsp3) is 0.600. The van der Waals surface area contributed by atoms with Gasteiger partial charge in [-0.05, 0) is 53.0 Å². The lowest BCUT2D eigenvalue weighted by atomic mass is 10.1. The Bertz CT molecular complexity index is 405. The lowest BCUT2D eigenvalue weighted by molar-refractivity contribution is 0.0854. The second kappa shape index (κ2) is 7.27. The Morgan fingerprint density at radius 1 is 1.37 bits per heavy atom. The smallest absolute Gasteiger partial charge is 0.0510 e. The van der Waals surface area contributed by atoms with E-state index in [-0.39, 0.29) is 0 Å². The molecule has 1 aromatic carbocycles. The average Bonchev–Trinajstić information content (AvgIpc) is 2.45. The number of hydrogen-bond acceptors (Lipinski definition) is 3. The molecule has 1 aliphatic heterocycles. The van der Waals surface area contributed by atoms with E-state index in [1.807, 2.05) is 0 Å². The molecule has 1 heterocycles. The largest absolute Gasteiger partial charge is 0.381 e. The van der Waals surface area contributed by atoms with Gasteiger partial charge in [-0.25, -0.2) is 0 Å². The highest BCUT2D eigenvalue weighted by molar-refractivity contribution is 9.10. The molecule has 0 atom stereocenters. The molecule has 0 saturated carbocycles. The molecule has 1 aliphatic rings. The molecule has 19 heavy (non-hydrogen) atoms. The number of nitrogens with zero attached hydrogens (tertiary/aromatic N) is 1. The van der Waals surface area contributed by atoms with Gasteiger partial charge in [0.15, 0.2) is 0 Å². The molecule has 1 saturated heterocycles. The van der Waals surface area contributed by atoms with Crippen molar-refractivity contribution in [2.45, 2.75) is 32.4 Å². The highest BCUT2D eigenvalue weighted by Gasteiger charge is 2.20. The van der Waals surface area contributed by atoms with Gasteiger partial charge in [-0.2, -0.15) is 0 Å². The molecular formula is C15H23BrN2O. The van der Waals surface area contributed by atoms with E-state index in [4.69, 9.17) is 4.74 Å². The van der Waals surface area contributed by atoms with Crippen molar-refractivity contribution in [3.8, 4) is 0 Å². The molecule has 3 nitrogen and oxygen atoms in total. The first-order chi connectivity index (χ1) is 9.22. The van der Waals surface area contributed by atoms with Crippen LogP contribution in [0.4, 0.5) is 5.69 Å². The fourth-order valence-corrected chi connectivity index (χ4v) is 3.19. The molecule has 106 valence electrons. The van der Waals surface area contributed by atoms with Crippen LogP contribution >= 0.6 is 15.9 Å². The summed E-state index contributed by atoms with van der Waals surface area (Å²) in [7, 11) is 2.18. The van der Waals surface area contributed by atoms with Crippen molar-refractivity contribution in [2.24, 2.45) is 0 Å².